The lowest BCUT2D eigenvalue weighted by atomic mass is 10.1. The maximum Gasteiger partial charge on any atom is 0.316 e. The minimum atomic E-state index is -0.442. The molecule has 0 saturated heterocycles. The van der Waals surface area contributed by atoms with Gasteiger partial charge in [-0.25, -0.2) is 0 Å². The number of benzene rings is 1. The average molecular weight is 308 g/mol. The summed E-state index contributed by atoms with van der Waals surface area (Å²) in [4.78, 5) is 19.3. The van der Waals surface area contributed by atoms with Crippen LogP contribution in [0.4, 0.5) is 0 Å². The van der Waals surface area contributed by atoms with Gasteiger partial charge in [0.15, 0.2) is 0 Å². The molecule has 0 bridgehead atoms. The number of fused-ring (bicyclic) bond motifs is 1. The van der Waals surface area contributed by atoms with Crippen LogP contribution in [0.3, 0.4) is 0 Å². The van der Waals surface area contributed by atoms with Crippen LogP contribution in [0.5, 0.6) is 0 Å². The zero-order valence-corrected chi connectivity index (χ0v) is 11.9. The highest BCUT2D eigenvalue weighted by Gasteiger charge is 2.16. The van der Waals surface area contributed by atoms with Crippen LogP contribution in [0, 0.1) is 0 Å². The first-order valence-corrected chi connectivity index (χ1v) is 7.01. The molecule has 7 nitrogen and oxygen atoms in total. The summed E-state index contributed by atoms with van der Waals surface area (Å²) in [5, 5.41) is 7.56. The first-order valence-electron chi connectivity index (χ1n) is 7.01. The van der Waals surface area contributed by atoms with Gasteiger partial charge < -0.3 is 19.2 Å². The van der Waals surface area contributed by atoms with Crippen molar-refractivity contribution in [2.24, 2.45) is 0 Å². The van der Waals surface area contributed by atoms with E-state index < -0.39 is 5.91 Å². The summed E-state index contributed by atoms with van der Waals surface area (Å²) in [5.41, 5.74) is 1.81. The van der Waals surface area contributed by atoms with E-state index in [-0.39, 0.29) is 12.4 Å². The van der Waals surface area contributed by atoms with Gasteiger partial charge in [0, 0.05) is 22.7 Å². The Morgan fingerprint density at radius 3 is 3.09 bits per heavy atom. The summed E-state index contributed by atoms with van der Waals surface area (Å²) in [5.74, 6) is 0.496. The van der Waals surface area contributed by atoms with Crippen LogP contribution in [0.15, 0.2) is 57.8 Å². The first-order chi connectivity index (χ1) is 11.3. The van der Waals surface area contributed by atoms with Crippen molar-refractivity contribution in [1.29, 1.82) is 0 Å². The topological polar surface area (TPSA) is 97.0 Å². The summed E-state index contributed by atoms with van der Waals surface area (Å²) in [6, 6.07) is 11.2. The standard InChI is InChI=1S/C16H12N4O3/c21-15(18-9-12-2-1-7-22-12)16-19-14(20-23-16)11-3-4-13-10(8-11)5-6-17-13/h1-8,17H,9H2,(H,18,21). The molecule has 0 saturated carbocycles. The number of aromatic nitrogens is 3. The summed E-state index contributed by atoms with van der Waals surface area (Å²) in [7, 11) is 0. The number of hydrogen-bond donors (Lipinski definition) is 2. The Balaban J connectivity index is 1.52. The fourth-order valence-electron chi connectivity index (χ4n) is 2.28. The number of rotatable bonds is 4. The molecule has 0 radical (unpaired) electrons. The van der Waals surface area contributed by atoms with Crippen LogP contribution in [0.2, 0.25) is 0 Å². The van der Waals surface area contributed by atoms with Crippen molar-refractivity contribution in [3.05, 3.63) is 60.5 Å². The highest BCUT2D eigenvalue weighted by atomic mass is 16.5. The molecule has 3 heterocycles. The molecule has 4 aromatic rings. The Labute approximate surface area is 130 Å². The van der Waals surface area contributed by atoms with E-state index >= 15 is 0 Å². The van der Waals surface area contributed by atoms with E-state index in [1.807, 2.05) is 30.5 Å². The monoisotopic (exact) mass is 308 g/mol. The molecule has 0 atom stereocenters. The van der Waals surface area contributed by atoms with Crippen molar-refractivity contribution in [3.8, 4) is 11.4 Å². The summed E-state index contributed by atoms with van der Waals surface area (Å²) >= 11 is 0. The van der Waals surface area contributed by atoms with Crippen molar-refractivity contribution < 1.29 is 13.7 Å². The Kier molecular flexibility index (Phi) is 3.16. The van der Waals surface area contributed by atoms with E-state index in [1.165, 1.54) is 0 Å². The number of hydrogen-bond acceptors (Lipinski definition) is 5. The Morgan fingerprint density at radius 2 is 2.22 bits per heavy atom. The predicted octanol–water partition coefficient (Wildman–Crippen LogP) is 2.74. The van der Waals surface area contributed by atoms with Gasteiger partial charge in [0.25, 0.3) is 0 Å². The van der Waals surface area contributed by atoms with E-state index in [2.05, 4.69) is 20.4 Å². The lowest BCUT2D eigenvalue weighted by Crippen LogP contribution is -2.22. The van der Waals surface area contributed by atoms with Crippen molar-refractivity contribution in [1.82, 2.24) is 20.4 Å². The summed E-state index contributed by atoms with van der Waals surface area (Å²) in [6.45, 7) is 0.263. The molecule has 0 spiro atoms. The molecule has 0 unspecified atom stereocenters. The second kappa shape index (κ2) is 5.45. The van der Waals surface area contributed by atoms with Crippen LogP contribution in [-0.4, -0.2) is 21.0 Å². The van der Waals surface area contributed by atoms with Gasteiger partial charge in [-0.05, 0) is 36.4 Å². The second-order valence-corrected chi connectivity index (χ2v) is 4.96. The number of H-pyrrole nitrogens is 1. The number of carbonyl (C=O) groups excluding carboxylic acids is 1. The summed E-state index contributed by atoms with van der Waals surface area (Å²) in [6.07, 6.45) is 3.40. The molecule has 0 aliphatic carbocycles. The largest absolute Gasteiger partial charge is 0.467 e. The third kappa shape index (κ3) is 2.59. The number of nitrogens with one attached hydrogen (secondary N) is 2. The molecule has 0 aliphatic heterocycles. The fraction of sp³-hybridized carbons (Fsp3) is 0.0625. The molecule has 3 aromatic heterocycles. The Hall–Kier alpha value is -3.35. The molecular weight excluding hydrogens is 296 g/mol. The van der Waals surface area contributed by atoms with Crippen molar-refractivity contribution in [3.63, 3.8) is 0 Å². The van der Waals surface area contributed by atoms with Crippen LogP contribution in [0.25, 0.3) is 22.3 Å². The molecule has 0 aliphatic rings. The van der Waals surface area contributed by atoms with Gasteiger partial charge in [-0.3, -0.25) is 4.79 Å². The second-order valence-electron chi connectivity index (χ2n) is 4.96. The minimum Gasteiger partial charge on any atom is -0.467 e. The van der Waals surface area contributed by atoms with E-state index in [4.69, 9.17) is 8.94 Å². The van der Waals surface area contributed by atoms with Gasteiger partial charge in [0.05, 0.1) is 12.8 Å². The van der Waals surface area contributed by atoms with E-state index in [1.54, 1.807) is 18.4 Å². The van der Waals surface area contributed by atoms with Gasteiger partial charge in [0.1, 0.15) is 5.76 Å². The number of nitrogens with zero attached hydrogens (tertiary/aromatic N) is 2. The third-order valence-electron chi connectivity index (χ3n) is 3.44. The molecular formula is C16H12N4O3. The first kappa shape index (κ1) is 13.3. The lowest BCUT2D eigenvalue weighted by molar-refractivity contribution is 0.0904. The highest BCUT2D eigenvalue weighted by molar-refractivity contribution is 5.90. The quantitative estimate of drug-likeness (QED) is 0.604. The zero-order chi connectivity index (χ0) is 15.6. The molecule has 7 heteroatoms. The zero-order valence-electron chi connectivity index (χ0n) is 11.9. The number of furan rings is 1. The van der Waals surface area contributed by atoms with Crippen LogP contribution >= 0.6 is 0 Å². The molecule has 1 aromatic carbocycles. The Bertz CT molecular complexity index is 953. The number of amides is 1. The van der Waals surface area contributed by atoms with Gasteiger partial charge in [0.2, 0.25) is 5.82 Å². The van der Waals surface area contributed by atoms with Gasteiger partial charge >= 0.3 is 11.8 Å². The predicted molar refractivity (Wildman–Crippen MR) is 81.5 cm³/mol. The molecule has 2 N–H and O–H groups in total. The molecule has 0 fully saturated rings. The lowest BCUT2D eigenvalue weighted by Gasteiger charge is -1.98. The van der Waals surface area contributed by atoms with Crippen LogP contribution in [0.1, 0.15) is 16.4 Å². The smallest absolute Gasteiger partial charge is 0.316 e. The van der Waals surface area contributed by atoms with Gasteiger partial charge in [-0.2, -0.15) is 4.98 Å². The molecule has 1 amide bonds. The normalized spacial score (nSPS) is 11.0. The van der Waals surface area contributed by atoms with Gasteiger partial charge in [-0.1, -0.05) is 5.16 Å². The maximum atomic E-state index is 12.0. The van der Waals surface area contributed by atoms with Crippen molar-refractivity contribution >= 4 is 16.8 Å². The van der Waals surface area contributed by atoms with Gasteiger partial charge in [-0.15, -0.1) is 0 Å². The number of aromatic amines is 1. The van der Waals surface area contributed by atoms with Crippen LogP contribution < -0.4 is 5.32 Å². The van der Waals surface area contributed by atoms with Crippen LogP contribution in [-0.2, 0) is 6.54 Å². The Morgan fingerprint density at radius 1 is 1.26 bits per heavy atom. The maximum absolute atomic E-state index is 12.0. The van der Waals surface area contributed by atoms with E-state index in [9.17, 15) is 4.79 Å². The molecule has 114 valence electrons. The van der Waals surface area contributed by atoms with E-state index in [0.717, 1.165) is 16.5 Å². The third-order valence-corrected chi connectivity index (χ3v) is 3.44. The SMILES string of the molecule is O=C(NCc1ccco1)c1nc(-c2ccc3[nH]ccc3c2)no1. The fourth-order valence-corrected chi connectivity index (χ4v) is 2.28. The molecule has 4 rings (SSSR count). The van der Waals surface area contributed by atoms with Crippen molar-refractivity contribution in [2.75, 3.05) is 0 Å². The van der Waals surface area contributed by atoms with Crippen molar-refractivity contribution in [2.45, 2.75) is 6.54 Å². The minimum absolute atomic E-state index is 0.0827. The molecule has 23 heavy (non-hydrogen) atoms. The number of carbonyl (C=O) groups is 1. The average Bonchev–Trinajstić information content (AvgIpc) is 3.32. The van der Waals surface area contributed by atoms with E-state index in [0.29, 0.717) is 11.6 Å². The summed E-state index contributed by atoms with van der Waals surface area (Å²) < 4.78 is 10.2. The highest BCUT2D eigenvalue weighted by Crippen LogP contribution is 2.21.